The van der Waals surface area contributed by atoms with Crippen LogP contribution in [0.5, 0.6) is 0 Å². The number of benzene rings is 1. The molecule has 1 aliphatic carbocycles. The summed E-state index contributed by atoms with van der Waals surface area (Å²) in [4.78, 5) is 13.6. The lowest BCUT2D eigenvalue weighted by Crippen LogP contribution is -2.10. The van der Waals surface area contributed by atoms with Crippen LogP contribution in [0.1, 0.15) is 35.6 Å². The smallest absolute Gasteiger partial charge is 0.143 e. The summed E-state index contributed by atoms with van der Waals surface area (Å²) in [5.41, 5.74) is 5.87. The number of anilines is 1. The van der Waals surface area contributed by atoms with Gasteiger partial charge in [0.15, 0.2) is 0 Å². The molecule has 6 heteroatoms. The van der Waals surface area contributed by atoms with E-state index in [0.717, 1.165) is 29.3 Å². The van der Waals surface area contributed by atoms with Crippen LogP contribution in [0.4, 0.5) is 5.82 Å². The summed E-state index contributed by atoms with van der Waals surface area (Å²) >= 11 is 0. The van der Waals surface area contributed by atoms with Gasteiger partial charge in [0.25, 0.3) is 0 Å². The molecule has 22 heavy (non-hydrogen) atoms. The Balaban J connectivity index is 1.69. The van der Waals surface area contributed by atoms with Gasteiger partial charge >= 0.3 is 0 Å². The van der Waals surface area contributed by atoms with Gasteiger partial charge in [-0.05, 0) is 25.5 Å². The average molecular weight is 294 g/mol. The van der Waals surface area contributed by atoms with Gasteiger partial charge in [0, 0.05) is 24.9 Å². The van der Waals surface area contributed by atoms with Gasteiger partial charge in [-0.25, -0.2) is 20.8 Å². The monoisotopic (exact) mass is 294 g/mol. The van der Waals surface area contributed by atoms with E-state index >= 15 is 0 Å². The number of para-hydroxylation sites is 2. The zero-order valence-electron chi connectivity index (χ0n) is 12.6. The highest BCUT2D eigenvalue weighted by Gasteiger charge is 2.43. The Hall–Kier alpha value is -2.47. The molecule has 1 fully saturated rings. The van der Waals surface area contributed by atoms with Gasteiger partial charge in [-0.2, -0.15) is 0 Å². The number of hydrogen-bond donors (Lipinski definition) is 2. The lowest BCUT2D eigenvalue weighted by molar-refractivity contribution is 0.795. The second-order valence-corrected chi connectivity index (χ2v) is 5.84. The molecule has 1 aromatic carbocycles. The number of aryl methyl sites for hydroxylation is 2. The molecule has 0 radical (unpaired) electrons. The minimum atomic E-state index is 0.393. The second kappa shape index (κ2) is 4.78. The minimum absolute atomic E-state index is 0.393. The number of hydrogen-bond acceptors (Lipinski definition) is 5. The van der Waals surface area contributed by atoms with E-state index in [0.29, 0.717) is 17.7 Å². The fraction of sp³-hybridized carbons (Fsp3) is 0.312. The number of nitrogens with two attached hydrogens (primary N) is 1. The molecule has 3 aromatic rings. The summed E-state index contributed by atoms with van der Waals surface area (Å²) in [6.07, 6.45) is 1.07. The fourth-order valence-corrected chi connectivity index (χ4v) is 3.16. The molecule has 0 aliphatic heterocycles. The molecule has 0 amide bonds. The van der Waals surface area contributed by atoms with Gasteiger partial charge in [0.1, 0.15) is 17.5 Å². The van der Waals surface area contributed by atoms with E-state index in [2.05, 4.69) is 39.1 Å². The van der Waals surface area contributed by atoms with Crippen LogP contribution in [0, 0.1) is 6.92 Å². The molecule has 0 spiro atoms. The number of fused-ring (bicyclic) bond motifs is 1. The van der Waals surface area contributed by atoms with E-state index in [1.54, 1.807) is 0 Å². The van der Waals surface area contributed by atoms with E-state index in [1.165, 1.54) is 5.52 Å². The van der Waals surface area contributed by atoms with Crippen LogP contribution in [0.25, 0.3) is 11.0 Å². The number of nitrogens with one attached hydrogen (secondary N) is 1. The molecule has 6 nitrogen and oxygen atoms in total. The lowest BCUT2D eigenvalue weighted by atomic mass is 10.2. The number of imidazole rings is 1. The van der Waals surface area contributed by atoms with Crippen LogP contribution in [0.3, 0.4) is 0 Å². The summed E-state index contributed by atoms with van der Waals surface area (Å²) in [7, 11) is 2.08. The maximum atomic E-state index is 5.47. The largest absolute Gasteiger partial charge is 0.331 e. The van der Waals surface area contributed by atoms with E-state index in [-0.39, 0.29) is 0 Å². The minimum Gasteiger partial charge on any atom is -0.331 e. The lowest BCUT2D eigenvalue weighted by Gasteiger charge is -2.05. The van der Waals surface area contributed by atoms with Crippen molar-refractivity contribution in [3.63, 3.8) is 0 Å². The van der Waals surface area contributed by atoms with Crippen molar-refractivity contribution in [2.45, 2.75) is 25.2 Å². The number of aromatic nitrogens is 4. The van der Waals surface area contributed by atoms with Gasteiger partial charge < -0.3 is 9.99 Å². The summed E-state index contributed by atoms with van der Waals surface area (Å²) in [6, 6.07) is 10.2. The Kier molecular flexibility index (Phi) is 2.87. The number of rotatable bonds is 3. The van der Waals surface area contributed by atoms with Gasteiger partial charge in [-0.15, -0.1) is 0 Å². The van der Waals surface area contributed by atoms with Crippen LogP contribution >= 0.6 is 0 Å². The zero-order chi connectivity index (χ0) is 15.3. The van der Waals surface area contributed by atoms with E-state index < -0.39 is 0 Å². The van der Waals surface area contributed by atoms with Gasteiger partial charge in [-0.3, -0.25) is 0 Å². The van der Waals surface area contributed by atoms with Crippen molar-refractivity contribution < 1.29 is 0 Å². The van der Waals surface area contributed by atoms with Crippen LogP contribution in [-0.4, -0.2) is 19.5 Å². The molecule has 4 rings (SSSR count). The second-order valence-electron chi connectivity index (χ2n) is 5.84. The van der Waals surface area contributed by atoms with Gasteiger partial charge in [-0.1, -0.05) is 12.1 Å². The highest BCUT2D eigenvalue weighted by Crippen LogP contribution is 2.54. The van der Waals surface area contributed by atoms with Crippen molar-refractivity contribution in [3.05, 3.63) is 47.7 Å². The Morgan fingerprint density at radius 2 is 2.00 bits per heavy atom. The first-order valence-electron chi connectivity index (χ1n) is 7.41. The maximum Gasteiger partial charge on any atom is 0.143 e. The summed E-state index contributed by atoms with van der Waals surface area (Å²) in [5, 5.41) is 0. The van der Waals surface area contributed by atoms with E-state index in [1.807, 2.05) is 25.1 Å². The number of nitrogens with zero attached hydrogens (tertiary/aromatic N) is 4. The van der Waals surface area contributed by atoms with E-state index in [4.69, 9.17) is 10.8 Å². The maximum absolute atomic E-state index is 5.47. The van der Waals surface area contributed by atoms with Crippen molar-refractivity contribution in [1.29, 1.82) is 0 Å². The highest BCUT2D eigenvalue weighted by molar-refractivity contribution is 5.76. The zero-order valence-corrected chi connectivity index (χ0v) is 12.6. The third-order valence-electron chi connectivity index (χ3n) is 4.33. The molecule has 2 atom stereocenters. The first-order chi connectivity index (χ1) is 10.7. The van der Waals surface area contributed by atoms with Crippen LogP contribution in [0.2, 0.25) is 0 Å². The predicted octanol–water partition coefficient (Wildman–Crippen LogP) is 2.23. The SMILES string of the molecule is Cc1nc(NN)cc(C2CC2c2nc3ccccc3n2C)n1. The molecule has 2 unspecified atom stereocenters. The number of nitrogen functional groups attached to an aromatic ring is 1. The third kappa shape index (κ3) is 2.03. The third-order valence-corrected chi connectivity index (χ3v) is 4.33. The molecule has 3 N–H and O–H groups in total. The molecule has 2 heterocycles. The average Bonchev–Trinajstić information content (AvgIpc) is 3.25. The predicted molar refractivity (Wildman–Crippen MR) is 85.4 cm³/mol. The van der Waals surface area contributed by atoms with Crippen molar-refractivity contribution >= 4 is 16.9 Å². The molecular weight excluding hydrogens is 276 g/mol. The van der Waals surface area contributed by atoms with Crippen molar-refractivity contribution in [2.75, 3.05) is 5.43 Å². The standard InChI is InChI=1S/C16H18N6/c1-9-18-13(8-15(19-9)21-17)10-7-11(10)16-20-12-5-3-4-6-14(12)22(16)2/h3-6,8,10-11H,7,17H2,1-2H3,(H,18,19,21). The fourth-order valence-electron chi connectivity index (χ4n) is 3.16. The molecule has 0 saturated heterocycles. The van der Waals surface area contributed by atoms with Crippen molar-refractivity contribution in [2.24, 2.45) is 12.9 Å². The Labute approximate surface area is 128 Å². The molecule has 2 aromatic heterocycles. The topological polar surface area (TPSA) is 81.6 Å². The van der Waals surface area contributed by atoms with Crippen LogP contribution in [0.15, 0.2) is 30.3 Å². The molecule has 1 saturated carbocycles. The first kappa shape index (κ1) is 13.2. The molecule has 112 valence electrons. The summed E-state index contributed by atoms with van der Waals surface area (Å²) < 4.78 is 2.19. The summed E-state index contributed by atoms with van der Waals surface area (Å²) in [6.45, 7) is 1.89. The quantitative estimate of drug-likeness (QED) is 0.572. The van der Waals surface area contributed by atoms with Gasteiger partial charge in [0.2, 0.25) is 0 Å². The normalized spacial score (nSPS) is 20.3. The molecule has 1 aliphatic rings. The molecule has 0 bridgehead atoms. The van der Waals surface area contributed by atoms with Crippen molar-refractivity contribution in [3.8, 4) is 0 Å². The first-order valence-corrected chi connectivity index (χ1v) is 7.41. The molecular formula is C16H18N6. The Morgan fingerprint density at radius 3 is 2.77 bits per heavy atom. The van der Waals surface area contributed by atoms with Gasteiger partial charge in [0.05, 0.1) is 16.7 Å². The highest BCUT2D eigenvalue weighted by atomic mass is 15.3. The van der Waals surface area contributed by atoms with Crippen molar-refractivity contribution in [1.82, 2.24) is 19.5 Å². The van der Waals surface area contributed by atoms with Crippen LogP contribution in [-0.2, 0) is 7.05 Å². The van der Waals surface area contributed by atoms with Crippen LogP contribution < -0.4 is 11.3 Å². The Bertz CT molecular complexity index is 853. The van der Waals surface area contributed by atoms with E-state index in [9.17, 15) is 0 Å². The Morgan fingerprint density at radius 1 is 1.18 bits per heavy atom. The summed E-state index contributed by atoms with van der Waals surface area (Å²) in [5.74, 6) is 8.81. The number of hydrazine groups is 1.